The molecular weight excluding hydrogens is 454 g/mol. The molecule has 1 aliphatic rings. The summed E-state index contributed by atoms with van der Waals surface area (Å²) in [6, 6.07) is 5.93. The lowest BCUT2D eigenvalue weighted by molar-refractivity contribution is 0.0996. The molecule has 1 aliphatic carbocycles. The first-order valence-corrected chi connectivity index (χ1v) is 12.9. The molecule has 0 bridgehead atoms. The first kappa shape index (κ1) is 23.7. The molecule has 1 saturated carbocycles. The third-order valence-electron chi connectivity index (χ3n) is 5.14. The number of benzene rings is 1. The van der Waals surface area contributed by atoms with E-state index in [1.165, 1.54) is 19.2 Å². The zero-order chi connectivity index (χ0) is 23.5. The van der Waals surface area contributed by atoms with Gasteiger partial charge < -0.3 is 10.5 Å². The van der Waals surface area contributed by atoms with Gasteiger partial charge in [0.15, 0.2) is 16.5 Å². The van der Waals surface area contributed by atoms with Gasteiger partial charge in [0.2, 0.25) is 19.9 Å². The van der Waals surface area contributed by atoms with Crippen LogP contribution >= 0.6 is 0 Å². The first-order valence-electron chi connectivity index (χ1n) is 9.83. The van der Waals surface area contributed by atoms with Crippen LogP contribution in [0.25, 0.3) is 0 Å². The number of carbonyl (C=O) groups is 1. The van der Waals surface area contributed by atoms with Crippen molar-refractivity contribution in [2.75, 3.05) is 7.11 Å². The first-order chi connectivity index (χ1) is 15.1. The van der Waals surface area contributed by atoms with Crippen LogP contribution in [-0.2, 0) is 19.9 Å². The fourth-order valence-corrected chi connectivity index (χ4v) is 6.29. The largest absolute Gasteiger partial charge is 0.494 e. The summed E-state index contributed by atoms with van der Waals surface area (Å²) in [5.41, 5.74) is 4.96. The van der Waals surface area contributed by atoms with Crippen molar-refractivity contribution in [1.29, 1.82) is 0 Å². The van der Waals surface area contributed by atoms with Gasteiger partial charge in [-0.15, -0.1) is 0 Å². The number of sulfone groups is 1. The van der Waals surface area contributed by atoms with Gasteiger partial charge in [-0.25, -0.2) is 27.0 Å². The lowest BCUT2D eigenvalue weighted by Crippen LogP contribution is -2.21. The van der Waals surface area contributed by atoms with E-state index in [0.29, 0.717) is 0 Å². The number of pyridine rings is 1. The molecule has 1 heterocycles. The van der Waals surface area contributed by atoms with Gasteiger partial charge in [0.05, 0.1) is 17.6 Å². The number of primary amides is 1. The van der Waals surface area contributed by atoms with Gasteiger partial charge in [-0.05, 0) is 37.0 Å². The number of ether oxygens (including phenoxy) is 1. The minimum atomic E-state index is -4.61. The second kappa shape index (κ2) is 9.28. The number of hydrogen-bond donors (Lipinski definition) is 2. The fraction of sp³-hybridized carbons (Fsp3) is 0.333. The molecule has 170 valence electrons. The van der Waals surface area contributed by atoms with Gasteiger partial charge in [0.25, 0.3) is 5.91 Å². The van der Waals surface area contributed by atoms with Crippen LogP contribution in [0.5, 0.6) is 5.75 Å². The average molecular weight is 478 g/mol. The van der Waals surface area contributed by atoms with Crippen molar-refractivity contribution in [3.63, 3.8) is 0 Å². The maximum Gasteiger partial charge on any atom is 0.251 e. The Morgan fingerprint density at radius 3 is 2.28 bits per heavy atom. The lowest BCUT2D eigenvalue weighted by atomic mass is 9.90. The predicted molar refractivity (Wildman–Crippen MR) is 116 cm³/mol. The van der Waals surface area contributed by atoms with E-state index in [4.69, 9.17) is 15.6 Å². The normalized spacial score (nSPS) is 14.9. The Hall–Kier alpha value is -2.94. The standard InChI is InChI=1S/C21H23N3O6S2/c1-30-17-13-15(20(22)25)21(24-16(17)12-11-14-7-3-2-4-8-14)31(26,27)18-9-5-6-10-19(18)32(23,28)29/h5-6,9-10,13-14H,2-4,7-8H2,1H3,(H2,22,25)(H2,23,28,29). The highest BCUT2D eigenvalue weighted by Gasteiger charge is 2.32. The lowest BCUT2D eigenvalue weighted by Gasteiger charge is -2.16. The van der Waals surface area contributed by atoms with E-state index in [0.717, 1.165) is 50.3 Å². The van der Waals surface area contributed by atoms with Crippen LogP contribution in [0.2, 0.25) is 0 Å². The van der Waals surface area contributed by atoms with Crippen molar-refractivity contribution < 1.29 is 26.4 Å². The van der Waals surface area contributed by atoms with Crippen LogP contribution in [-0.4, -0.2) is 34.8 Å². The molecule has 1 aromatic heterocycles. The smallest absolute Gasteiger partial charge is 0.251 e. The zero-order valence-corrected chi connectivity index (χ0v) is 19.0. The minimum Gasteiger partial charge on any atom is -0.494 e. The molecule has 1 fully saturated rings. The second-order valence-electron chi connectivity index (χ2n) is 7.36. The van der Waals surface area contributed by atoms with Crippen LogP contribution in [0.4, 0.5) is 0 Å². The van der Waals surface area contributed by atoms with E-state index in [-0.39, 0.29) is 17.4 Å². The molecule has 2 aromatic rings. The van der Waals surface area contributed by atoms with Gasteiger partial charge in [0, 0.05) is 5.92 Å². The molecule has 0 unspecified atom stereocenters. The van der Waals surface area contributed by atoms with Gasteiger partial charge >= 0.3 is 0 Å². The number of amides is 1. The number of primary sulfonamides is 1. The molecule has 0 spiro atoms. The van der Waals surface area contributed by atoms with Crippen molar-refractivity contribution in [3.05, 3.63) is 41.6 Å². The highest BCUT2D eigenvalue weighted by Crippen LogP contribution is 2.31. The third-order valence-corrected chi connectivity index (χ3v) is 7.99. The van der Waals surface area contributed by atoms with Crippen molar-refractivity contribution in [3.8, 4) is 17.6 Å². The molecule has 9 nitrogen and oxygen atoms in total. The summed E-state index contributed by atoms with van der Waals surface area (Å²) in [6.45, 7) is 0. The zero-order valence-electron chi connectivity index (χ0n) is 17.4. The molecule has 4 N–H and O–H groups in total. The highest BCUT2D eigenvalue weighted by molar-refractivity contribution is 7.93. The van der Waals surface area contributed by atoms with E-state index < -0.39 is 46.1 Å². The fourth-order valence-electron chi connectivity index (χ4n) is 3.53. The quantitative estimate of drug-likeness (QED) is 0.619. The van der Waals surface area contributed by atoms with Gasteiger partial charge in [-0.2, -0.15) is 0 Å². The third kappa shape index (κ3) is 4.93. The van der Waals surface area contributed by atoms with Crippen LogP contribution < -0.4 is 15.6 Å². The molecule has 0 saturated heterocycles. The summed E-state index contributed by atoms with van der Waals surface area (Å²) in [5, 5.41) is 4.48. The number of sulfonamides is 1. The molecular formula is C21H23N3O6S2. The molecule has 0 radical (unpaired) electrons. The number of methoxy groups -OCH3 is 1. The summed E-state index contributed by atoms with van der Waals surface area (Å²) in [7, 11) is -7.66. The second-order valence-corrected chi connectivity index (χ2v) is 10.7. The summed E-state index contributed by atoms with van der Waals surface area (Å²) < 4.78 is 56.0. The van der Waals surface area contributed by atoms with Gasteiger partial charge in [-0.1, -0.05) is 37.3 Å². The average Bonchev–Trinajstić information content (AvgIpc) is 2.77. The summed E-state index contributed by atoms with van der Waals surface area (Å²) in [4.78, 5) is 14.9. The van der Waals surface area contributed by atoms with Gasteiger partial charge in [-0.3, -0.25) is 4.79 Å². The summed E-state index contributed by atoms with van der Waals surface area (Å²) in [6.07, 6.45) is 5.14. The Bertz CT molecular complexity index is 1320. The number of nitrogens with zero attached hydrogens (tertiary/aromatic N) is 1. The molecule has 3 rings (SSSR count). The van der Waals surface area contributed by atoms with E-state index in [2.05, 4.69) is 16.8 Å². The Morgan fingerprint density at radius 2 is 1.72 bits per heavy atom. The Labute approximate surface area is 187 Å². The number of aromatic nitrogens is 1. The highest BCUT2D eigenvalue weighted by atomic mass is 32.2. The number of nitrogens with two attached hydrogens (primary N) is 2. The molecule has 11 heteroatoms. The molecule has 1 amide bonds. The molecule has 0 atom stereocenters. The monoisotopic (exact) mass is 477 g/mol. The van der Waals surface area contributed by atoms with Crippen LogP contribution in [0.1, 0.15) is 48.2 Å². The maximum atomic E-state index is 13.4. The predicted octanol–water partition coefficient (Wildman–Crippen LogP) is 1.60. The Morgan fingerprint density at radius 1 is 1.09 bits per heavy atom. The van der Waals surface area contributed by atoms with E-state index >= 15 is 0 Å². The van der Waals surface area contributed by atoms with Gasteiger partial charge in [0.1, 0.15) is 4.90 Å². The van der Waals surface area contributed by atoms with Crippen LogP contribution in [0.15, 0.2) is 45.1 Å². The van der Waals surface area contributed by atoms with Crippen molar-refractivity contribution in [1.82, 2.24) is 4.98 Å². The Balaban J connectivity index is 2.23. The number of rotatable bonds is 5. The number of carbonyl (C=O) groups excluding carboxylic acids is 1. The van der Waals surface area contributed by atoms with Crippen molar-refractivity contribution >= 4 is 25.8 Å². The summed E-state index contributed by atoms with van der Waals surface area (Å²) in [5.74, 6) is 5.12. The van der Waals surface area contributed by atoms with Crippen molar-refractivity contribution in [2.24, 2.45) is 16.8 Å². The Kier molecular flexibility index (Phi) is 6.88. The summed E-state index contributed by atoms with van der Waals surface area (Å²) >= 11 is 0. The van der Waals surface area contributed by atoms with E-state index in [9.17, 15) is 21.6 Å². The van der Waals surface area contributed by atoms with E-state index in [1.807, 2.05) is 0 Å². The topological polar surface area (TPSA) is 160 Å². The van der Waals surface area contributed by atoms with Crippen LogP contribution in [0.3, 0.4) is 0 Å². The minimum absolute atomic E-state index is 0.00901. The molecule has 1 aromatic carbocycles. The van der Waals surface area contributed by atoms with Crippen molar-refractivity contribution in [2.45, 2.75) is 46.9 Å². The number of hydrogen-bond acceptors (Lipinski definition) is 7. The van der Waals surface area contributed by atoms with E-state index in [1.54, 1.807) is 0 Å². The molecule has 0 aliphatic heterocycles. The van der Waals surface area contributed by atoms with Crippen LogP contribution in [0, 0.1) is 17.8 Å². The SMILES string of the molecule is COc1cc(C(N)=O)c(S(=O)(=O)c2ccccc2S(N)(=O)=O)nc1C#CC1CCCCC1. The maximum absolute atomic E-state index is 13.4. The molecule has 32 heavy (non-hydrogen) atoms.